The minimum atomic E-state index is -0.222. The molecule has 0 aliphatic carbocycles. The van der Waals surface area contributed by atoms with E-state index in [1.807, 2.05) is 61.5 Å². The van der Waals surface area contributed by atoms with E-state index in [1.165, 1.54) is 0 Å². The maximum Gasteiger partial charge on any atom is 0.319 e. The zero-order valence-corrected chi connectivity index (χ0v) is 12.3. The van der Waals surface area contributed by atoms with E-state index in [0.717, 1.165) is 22.0 Å². The molecule has 1 atom stereocenters. The first-order chi connectivity index (χ1) is 10.7. The van der Waals surface area contributed by atoms with E-state index in [-0.39, 0.29) is 12.1 Å². The monoisotopic (exact) mass is 291 g/mol. The molecule has 1 heterocycles. The maximum absolute atomic E-state index is 12.2. The molecule has 2 N–H and O–H groups in total. The summed E-state index contributed by atoms with van der Waals surface area (Å²) in [4.78, 5) is 16.2. The van der Waals surface area contributed by atoms with Gasteiger partial charge < -0.3 is 10.6 Å². The molecular weight excluding hydrogens is 274 g/mol. The fourth-order valence-corrected chi connectivity index (χ4v) is 2.42. The zero-order valence-electron chi connectivity index (χ0n) is 12.3. The largest absolute Gasteiger partial charge is 0.331 e. The van der Waals surface area contributed by atoms with Crippen molar-refractivity contribution in [3.05, 3.63) is 72.6 Å². The van der Waals surface area contributed by atoms with Crippen LogP contribution in [0.25, 0.3) is 10.8 Å². The number of carbonyl (C=O) groups excluding carboxylic acids is 1. The topological polar surface area (TPSA) is 54.0 Å². The summed E-state index contributed by atoms with van der Waals surface area (Å²) in [5.41, 5.74) is 1.82. The number of rotatable bonds is 3. The van der Waals surface area contributed by atoms with Crippen LogP contribution in [0.3, 0.4) is 0 Å². The quantitative estimate of drug-likeness (QED) is 0.762. The Kier molecular flexibility index (Phi) is 4.01. The number of benzene rings is 2. The van der Waals surface area contributed by atoms with Crippen LogP contribution in [-0.2, 0) is 0 Å². The molecule has 0 spiro atoms. The van der Waals surface area contributed by atoms with Gasteiger partial charge in [-0.15, -0.1) is 0 Å². The zero-order chi connectivity index (χ0) is 15.4. The number of nitrogens with one attached hydrogen (secondary N) is 2. The first-order valence-corrected chi connectivity index (χ1v) is 7.19. The summed E-state index contributed by atoms with van der Waals surface area (Å²) in [5, 5.41) is 7.98. The van der Waals surface area contributed by atoms with Crippen molar-refractivity contribution in [2.24, 2.45) is 0 Å². The Bertz CT molecular complexity index is 781. The second-order valence-corrected chi connectivity index (χ2v) is 5.13. The van der Waals surface area contributed by atoms with Gasteiger partial charge in [0, 0.05) is 17.8 Å². The summed E-state index contributed by atoms with van der Waals surface area (Å²) >= 11 is 0. The minimum absolute atomic E-state index is 0.0852. The Morgan fingerprint density at radius 3 is 2.55 bits per heavy atom. The van der Waals surface area contributed by atoms with E-state index in [0.29, 0.717) is 0 Å². The third-order valence-electron chi connectivity index (χ3n) is 3.59. The lowest BCUT2D eigenvalue weighted by molar-refractivity contribution is 0.249. The lowest BCUT2D eigenvalue weighted by Gasteiger charge is -2.15. The summed E-state index contributed by atoms with van der Waals surface area (Å²) in [5.74, 6) is 0. The van der Waals surface area contributed by atoms with Crippen molar-refractivity contribution >= 4 is 22.5 Å². The molecule has 0 saturated carbocycles. The molecule has 0 fully saturated rings. The predicted octanol–water partition coefficient (Wildman–Crippen LogP) is 4.12. The number of hydrogen-bond acceptors (Lipinski definition) is 2. The number of pyridine rings is 1. The molecule has 2 aromatic carbocycles. The van der Waals surface area contributed by atoms with Gasteiger partial charge in [0.15, 0.2) is 0 Å². The number of carbonyl (C=O) groups is 1. The van der Waals surface area contributed by atoms with Crippen LogP contribution >= 0.6 is 0 Å². The highest BCUT2D eigenvalue weighted by Gasteiger charge is 2.10. The Balaban J connectivity index is 1.74. The SMILES string of the molecule is C[C@H](NC(=O)Nc1cccc2ccccc12)c1ccncc1. The van der Waals surface area contributed by atoms with Gasteiger partial charge in [-0.1, -0.05) is 36.4 Å². The number of urea groups is 1. The number of anilines is 1. The lowest BCUT2D eigenvalue weighted by atomic mass is 10.1. The molecule has 2 amide bonds. The van der Waals surface area contributed by atoms with E-state index in [2.05, 4.69) is 15.6 Å². The van der Waals surface area contributed by atoms with Crippen LogP contribution in [0.5, 0.6) is 0 Å². The van der Waals surface area contributed by atoms with E-state index in [9.17, 15) is 4.79 Å². The smallest absolute Gasteiger partial charge is 0.319 e. The van der Waals surface area contributed by atoms with Crippen molar-refractivity contribution in [1.29, 1.82) is 0 Å². The van der Waals surface area contributed by atoms with Gasteiger partial charge in [0.25, 0.3) is 0 Å². The van der Waals surface area contributed by atoms with E-state index in [4.69, 9.17) is 0 Å². The Morgan fingerprint density at radius 1 is 1.00 bits per heavy atom. The van der Waals surface area contributed by atoms with Gasteiger partial charge in [0.1, 0.15) is 0 Å². The third-order valence-corrected chi connectivity index (χ3v) is 3.59. The fourth-order valence-electron chi connectivity index (χ4n) is 2.42. The second-order valence-electron chi connectivity index (χ2n) is 5.13. The molecule has 3 aromatic rings. The summed E-state index contributed by atoms with van der Waals surface area (Å²) < 4.78 is 0. The average Bonchev–Trinajstić information content (AvgIpc) is 2.56. The van der Waals surface area contributed by atoms with E-state index in [1.54, 1.807) is 12.4 Å². The number of nitrogens with zero attached hydrogens (tertiary/aromatic N) is 1. The molecule has 110 valence electrons. The van der Waals surface area contributed by atoms with Crippen molar-refractivity contribution in [2.75, 3.05) is 5.32 Å². The number of aromatic nitrogens is 1. The molecule has 0 unspecified atom stereocenters. The molecule has 0 aliphatic heterocycles. The lowest BCUT2D eigenvalue weighted by Crippen LogP contribution is -2.31. The molecule has 0 radical (unpaired) electrons. The highest BCUT2D eigenvalue weighted by atomic mass is 16.2. The standard InChI is InChI=1S/C18H17N3O/c1-13(14-9-11-19-12-10-14)20-18(22)21-17-8-4-6-15-5-2-3-7-16(15)17/h2-13H,1H3,(H2,20,21,22)/t13-/m0/s1. The van der Waals surface area contributed by atoms with Crippen LogP contribution in [0.15, 0.2) is 67.0 Å². The highest BCUT2D eigenvalue weighted by molar-refractivity contribution is 6.01. The Hall–Kier alpha value is -2.88. The molecule has 22 heavy (non-hydrogen) atoms. The van der Waals surface area contributed by atoms with Crippen molar-refractivity contribution in [2.45, 2.75) is 13.0 Å². The first-order valence-electron chi connectivity index (χ1n) is 7.19. The first kappa shape index (κ1) is 14.1. The molecule has 3 rings (SSSR count). The summed E-state index contributed by atoms with van der Waals surface area (Å²) in [6.07, 6.45) is 3.44. The van der Waals surface area contributed by atoms with Crippen molar-refractivity contribution < 1.29 is 4.79 Å². The molecule has 0 saturated heterocycles. The van der Waals surface area contributed by atoms with Gasteiger partial charge in [-0.05, 0) is 36.1 Å². The van der Waals surface area contributed by atoms with E-state index < -0.39 is 0 Å². The summed E-state index contributed by atoms with van der Waals surface area (Å²) in [6.45, 7) is 1.94. The molecule has 0 bridgehead atoms. The molecule has 4 nitrogen and oxygen atoms in total. The van der Waals surface area contributed by atoms with Gasteiger partial charge in [-0.2, -0.15) is 0 Å². The van der Waals surface area contributed by atoms with E-state index >= 15 is 0 Å². The predicted molar refractivity (Wildman–Crippen MR) is 88.8 cm³/mol. The number of fused-ring (bicyclic) bond motifs is 1. The molecule has 1 aromatic heterocycles. The van der Waals surface area contributed by atoms with Gasteiger partial charge in [0.05, 0.1) is 11.7 Å². The molecular formula is C18H17N3O. The summed E-state index contributed by atoms with van der Waals surface area (Å²) in [7, 11) is 0. The van der Waals surface area contributed by atoms with Crippen LogP contribution in [0.2, 0.25) is 0 Å². The van der Waals surface area contributed by atoms with Crippen LogP contribution < -0.4 is 10.6 Å². The van der Waals surface area contributed by atoms with Crippen LogP contribution in [0.4, 0.5) is 10.5 Å². The van der Waals surface area contributed by atoms with Crippen LogP contribution in [0.1, 0.15) is 18.5 Å². The minimum Gasteiger partial charge on any atom is -0.331 e. The average molecular weight is 291 g/mol. The van der Waals surface area contributed by atoms with Crippen molar-refractivity contribution in [1.82, 2.24) is 10.3 Å². The van der Waals surface area contributed by atoms with Crippen molar-refractivity contribution in [3.8, 4) is 0 Å². The Morgan fingerprint density at radius 2 is 1.73 bits per heavy atom. The number of hydrogen-bond donors (Lipinski definition) is 2. The Labute approximate surface area is 129 Å². The van der Waals surface area contributed by atoms with Crippen molar-refractivity contribution in [3.63, 3.8) is 0 Å². The number of amides is 2. The summed E-state index contributed by atoms with van der Waals surface area (Å²) in [6, 6.07) is 17.3. The molecule has 4 heteroatoms. The third kappa shape index (κ3) is 3.06. The molecule has 0 aliphatic rings. The van der Waals surface area contributed by atoms with Crippen LogP contribution in [-0.4, -0.2) is 11.0 Å². The van der Waals surface area contributed by atoms with Crippen LogP contribution in [0, 0.1) is 0 Å². The maximum atomic E-state index is 12.2. The second kappa shape index (κ2) is 6.26. The van der Waals surface area contributed by atoms with Gasteiger partial charge >= 0.3 is 6.03 Å². The van der Waals surface area contributed by atoms with Gasteiger partial charge in [0.2, 0.25) is 0 Å². The normalized spacial score (nSPS) is 11.9. The highest BCUT2D eigenvalue weighted by Crippen LogP contribution is 2.23. The van der Waals surface area contributed by atoms with Gasteiger partial charge in [-0.25, -0.2) is 4.79 Å². The van der Waals surface area contributed by atoms with Gasteiger partial charge in [-0.3, -0.25) is 4.98 Å². The fraction of sp³-hybridized carbons (Fsp3) is 0.111.